The van der Waals surface area contributed by atoms with E-state index < -0.39 is 5.82 Å². The first kappa shape index (κ1) is 17.8. The van der Waals surface area contributed by atoms with Crippen LogP contribution < -0.4 is 10.1 Å². The predicted octanol–water partition coefficient (Wildman–Crippen LogP) is 2.69. The molecule has 1 saturated heterocycles. The van der Waals surface area contributed by atoms with Crippen LogP contribution in [0.2, 0.25) is 0 Å². The molecule has 0 bridgehead atoms. The summed E-state index contributed by atoms with van der Waals surface area (Å²) in [4.78, 5) is 10.8. The van der Waals surface area contributed by atoms with Gasteiger partial charge in [0.15, 0.2) is 11.6 Å². The summed E-state index contributed by atoms with van der Waals surface area (Å²) in [5.41, 5.74) is 0.562. The molecule has 6 nitrogen and oxygen atoms in total. The Balaban J connectivity index is 1.60. The van der Waals surface area contributed by atoms with E-state index in [-0.39, 0.29) is 18.0 Å². The Hall–Kier alpha value is -1.99. The molecule has 1 aliphatic rings. The van der Waals surface area contributed by atoms with Crippen molar-refractivity contribution >= 4 is 16.7 Å². The molecule has 1 aromatic heterocycles. The molecule has 0 amide bonds. The number of anilines is 1. The van der Waals surface area contributed by atoms with Crippen LogP contribution in [0.3, 0.4) is 0 Å². The van der Waals surface area contributed by atoms with E-state index in [9.17, 15) is 4.39 Å². The van der Waals surface area contributed by atoms with E-state index in [0.29, 0.717) is 11.3 Å². The smallest absolute Gasteiger partial charge is 0.167 e. The van der Waals surface area contributed by atoms with Crippen LogP contribution in [0.5, 0.6) is 5.75 Å². The Kier molecular flexibility index (Phi) is 5.65. The molecule has 0 spiro atoms. The summed E-state index contributed by atoms with van der Waals surface area (Å²) in [6.07, 6.45) is 3.00. The summed E-state index contributed by atoms with van der Waals surface area (Å²) in [7, 11) is 1.45. The van der Waals surface area contributed by atoms with Gasteiger partial charge < -0.3 is 14.8 Å². The highest BCUT2D eigenvalue weighted by Gasteiger charge is 2.21. The zero-order chi connectivity index (χ0) is 17.8. The molecular formula is C18H25FN4O2. The highest BCUT2D eigenvalue weighted by molar-refractivity contribution is 5.90. The van der Waals surface area contributed by atoms with E-state index in [1.807, 2.05) is 0 Å². The summed E-state index contributed by atoms with van der Waals surface area (Å²) >= 11 is 0. The van der Waals surface area contributed by atoms with Gasteiger partial charge in [-0.25, -0.2) is 14.4 Å². The Labute approximate surface area is 147 Å². The van der Waals surface area contributed by atoms with Crippen molar-refractivity contribution in [3.8, 4) is 5.75 Å². The van der Waals surface area contributed by atoms with E-state index in [0.717, 1.165) is 38.0 Å². The SMILES string of the molecule is COc1cc2c(NCCCN3C[C@@H](C)O[C@H](C)C3)ncnc2cc1F. The minimum absolute atomic E-state index is 0.196. The van der Waals surface area contributed by atoms with E-state index in [1.165, 1.54) is 19.5 Å². The van der Waals surface area contributed by atoms with Crippen LogP contribution >= 0.6 is 0 Å². The molecule has 2 heterocycles. The van der Waals surface area contributed by atoms with Gasteiger partial charge >= 0.3 is 0 Å². The Bertz CT molecular complexity index is 718. The summed E-state index contributed by atoms with van der Waals surface area (Å²) in [5, 5.41) is 4.09. The van der Waals surface area contributed by atoms with Gasteiger partial charge in [-0.15, -0.1) is 0 Å². The molecular weight excluding hydrogens is 323 g/mol. The van der Waals surface area contributed by atoms with E-state index in [1.54, 1.807) is 6.07 Å². The summed E-state index contributed by atoms with van der Waals surface area (Å²) in [5.74, 6) is 0.476. The van der Waals surface area contributed by atoms with E-state index >= 15 is 0 Å². The molecule has 136 valence electrons. The second-order valence-electron chi connectivity index (χ2n) is 6.52. The average Bonchev–Trinajstić information content (AvgIpc) is 2.57. The number of benzene rings is 1. The van der Waals surface area contributed by atoms with Gasteiger partial charge in [0.25, 0.3) is 0 Å². The number of aromatic nitrogens is 2. The van der Waals surface area contributed by atoms with Gasteiger partial charge in [0, 0.05) is 37.6 Å². The number of hydrogen-bond donors (Lipinski definition) is 1. The van der Waals surface area contributed by atoms with Crippen LogP contribution in [0, 0.1) is 5.82 Å². The van der Waals surface area contributed by atoms with Gasteiger partial charge in [0.2, 0.25) is 0 Å². The Morgan fingerprint density at radius 1 is 1.28 bits per heavy atom. The van der Waals surface area contributed by atoms with Crippen LogP contribution in [0.15, 0.2) is 18.5 Å². The first-order chi connectivity index (χ1) is 12.1. The van der Waals surface area contributed by atoms with Crippen molar-refractivity contribution < 1.29 is 13.9 Å². The largest absolute Gasteiger partial charge is 0.494 e. The minimum atomic E-state index is -0.421. The fourth-order valence-corrected chi connectivity index (χ4v) is 3.33. The molecule has 1 aromatic carbocycles. The van der Waals surface area contributed by atoms with Crippen molar-refractivity contribution in [3.63, 3.8) is 0 Å². The molecule has 2 aromatic rings. The minimum Gasteiger partial charge on any atom is -0.494 e. The van der Waals surface area contributed by atoms with Gasteiger partial charge in [-0.1, -0.05) is 0 Å². The molecule has 7 heteroatoms. The Morgan fingerprint density at radius 3 is 2.76 bits per heavy atom. The highest BCUT2D eigenvalue weighted by atomic mass is 19.1. The molecule has 1 N–H and O–H groups in total. The zero-order valence-corrected chi connectivity index (χ0v) is 15.0. The number of rotatable bonds is 6. The van der Waals surface area contributed by atoms with Crippen LogP contribution in [0.25, 0.3) is 10.9 Å². The molecule has 0 unspecified atom stereocenters. The van der Waals surface area contributed by atoms with Gasteiger partial charge in [-0.05, 0) is 26.3 Å². The monoisotopic (exact) mass is 348 g/mol. The van der Waals surface area contributed by atoms with Gasteiger partial charge in [-0.2, -0.15) is 0 Å². The fraction of sp³-hybridized carbons (Fsp3) is 0.556. The zero-order valence-electron chi connectivity index (χ0n) is 15.0. The number of methoxy groups -OCH3 is 1. The van der Waals surface area contributed by atoms with Crippen LogP contribution in [-0.2, 0) is 4.74 Å². The summed E-state index contributed by atoms with van der Waals surface area (Å²) in [6, 6.07) is 3.01. The topological polar surface area (TPSA) is 59.5 Å². The third kappa shape index (κ3) is 4.35. The third-order valence-corrected chi connectivity index (χ3v) is 4.35. The normalized spacial score (nSPS) is 21.4. The first-order valence-electron chi connectivity index (χ1n) is 8.66. The molecule has 1 fully saturated rings. The van der Waals surface area contributed by atoms with Crippen LogP contribution in [0.1, 0.15) is 20.3 Å². The number of ether oxygens (including phenoxy) is 2. The molecule has 25 heavy (non-hydrogen) atoms. The summed E-state index contributed by atoms with van der Waals surface area (Å²) in [6.45, 7) is 7.95. The standard InChI is InChI=1S/C18H25FN4O2/c1-12-9-23(10-13(2)25-12)6-4-5-20-18-14-7-17(24-3)15(19)8-16(14)21-11-22-18/h7-8,11-13H,4-6,9-10H2,1-3H3,(H,20,21,22)/t12-,13-/m1/s1. The lowest BCUT2D eigenvalue weighted by molar-refractivity contribution is -0.0678. The third-order valence-electron chi connectivity index (χ3n) is 4.35. The van der Waals surface area contributed by atoms with Gasteiger partial charge in [-0.3, -0.25) is 4.90 Å². The second kappa shape index (κ2) is 7.93. The maximum absolute atomic E-state index is 13.8. The molecule has 0 radical (unpaired) electrons. The fourth-order valence-electron chi connectivity index (χ4n) is 3.33. The molecule has 1 aliphatic heterocycles. The number of nitrogens with one attached hydrogen (secondary N) is 1. The number of halogens is 1. The van der Waals surface area contributed by atoms with Gasteiger partial charge in [0.1, 0.15) is 12.1 Å². The number of hydrogen-bond acceptors (Lipinski definition) is 6. The average molecular weight is 348 g/mol. The molecule has 0 aliphatic carbocycles. The van der Waals surface area contributed by atoms with Crippen molar-refractivity contribution in [2.24, 2.45) is 0 Å². The first-order valence-corrected chi connectivity index (χ1v) is 8.66. The number of fused-ring (bicyclic) bond motifs is 1. The maximum Gasteiger partial charge on any atom is 0.167 e. The van der Waals surface area contributed by atoms with E-state index in [2.05, 4.69) is 34.0 Å². The second-order valence-corrected chi connectivity index (χ2v) is 6.52. The predicted molar refractivity (Wildman–Crippen MR) is 95.6 cm³/mol. The molecule has 3 rings (SSSR count). The molecule has 2 atom stereocenters. The Morgan fingerprint density at radius 2 is 2.04 bits per heavy atom. The van der Waals surface area contributed by atoms with Crippen molar-refractivity contribution in [3.05, 3.63) is 24.3 Å². The van der Waals surface area contributed by atoms with Crippen molar-refractivity contribution in [1.29, 1.82) is 0 Å². The van der Waals surface area contributed by atoms with Crippen LogP contribution in [0.4, 0.5) is 10.2 Å². The van der Waals surface area contributed by atoms with Crippen molar-refractivity contribution in [2.75, 3.05) is 38.6 Å². The molecule has 0 saturated carbocycles. The van der Waals surface area contributed by atoms with E-state index in [4.69, 9.17) is 9.47 Å². The van der Waals surface area contributed by atoms with Crippen molar-refractivity contribution in [1.82, 2.24) is 14.9 Å². The number of nitrogens with zero attached hydrogens (tertiary/aromatic N) is 3. The lowest BCUT2D eigenvalue weighted by Crippen LogP contribution is -2.45. The highest BCUT2D eigenvalue weighted by Crippen LogP contribution is 2.27. The lowest BCUT2D eigenvalue weighted by Gasteiger charge is -2.35. The number of morpholine rings is 1. The van der Waals surface area contributed by atoms with Crippen LogP contribution in [-0.4, -0.2) is 60.4 Å². The van der Waals surface area contributed by atoms with Gasteiger partial charge in [0.05, 0.1) is 24.8 Å². The lowest BCUT2D eigenvalue weighted by atomic mass is 10.2. The van der Waals surface area contributed by atoms with Crippen molar-refractivity contribution in [2.45, 2.75) is 32.5 Å². The maximum atomic E-state index is 13.8. The summed E-state index contributed by atoms with van der Waals surface area (Å²) < 4.78 is 24.6. The quantitative estimate of drug-likeness (QED) is 0.810.